The van der Waals surface area contributed by atoms with Crippen LogP contribution in [0.1, 0.15) is 11.1 Å². The van der Waals surface area contributed by atoms with E-state index in [1.807, 2.05) is 60.7 Å². The lowest BCUT2D eigenvalue weighted by Crippen LogP contribution is -2.41. The molecule has 0 aliphatic heterocycles. The first-order valence-electron chi connectivity index (χ1n) is 7.29. The Labute approximate surface area is 131 Å². The Hall–Kier alpha value is -2.33. The van der Waals surface area contributed by atoms with Gasteiger partial charge in [0.2, 0.25) is 0 Å². The number of hydrogen-bond donors (Lipinski definition) is 1. The maximum Gasteiger partial charge on any atom is 0.410 e. The molecule has 0 fully saturated rings. The van der Waals surface area contributed by atoms with Crippen molar-refractivity contribution in [2.24, 2.45) is 0 Å². The van der Waals surface area contributed by atoms with Crippen molar-refractivity contribution in [1.82, 2.24) is 4.90 Å². The minimum atomic E-state index is -0.432. The number of likely N-dealkylation sites (N-methyl/N-ethyl adjacent to an activating group) is 1. The Bertz CT molecular complexity index is 571. The van der Waals surface area contributed by atoms with Gasteiger partial charge in [-0.15, -0.1) is 0 Å². The van der Waals surface area contributed by atoms with Crippen molar-refractivity contribution in [3.63, 3.8) is 0 Å². The van der Waals surface area contributed by atoms with Crippen molar-refractivity contribution in [3.05, 3.63) is 71.8 Å². The number of carbonyl (C=O) groups is 1. The first-order valence-corrected chi connectivity index (χ1v) is 7.29. The maximum absolute atomic E-state index is 12.1. The van der Waals surface area contributed by atoms with E-state index in [9.17, 15) is 9.90 Å². The third-order valence-electron chi connectivity index (χ3n) is 3.57. The fourth-order valence-electron chi connectivity index (χ4n) is 2.18. The largest absolute Gasteiger partial charge is 0.445 e. The lowest BCUT2D eigenvalue weighted by Gasteiger charge is -2.26. The lowest BCUT2D eigenvalue weighted by molar-refractivity contribution is 0.0761. The number of hydrogen-bond acceptors (Lipinski definition) is 3. The van der Waals surface area contributed by atoms with E-state index in [0.717, 1.165) is 11.1 Å². The topological polar surface area (TPSA) is 49.8 Å². The van der Waals surface area contributed by atoms with E-state index < -0.39 is 6.09 Å². The smallest absolute Gasteiger partial charge is 0.410 e. The summed E-state index contributed by atoms with van der Waals surface area (Å²) in [7, 11) is 1.65. The summed E-state index contributed by atoms with van der Waals surface area (Å²) in [5.41, 5.74) is 2.01. The van der Waals surface area contributed by atoms with E-state index in [2.05, 4.69) is 0 Å². The molecule has 0 aliphatic carbocycles. The highest BCUT2D eigenvalue weighted by atomic mass is 16.6. The molecule has 2 aromatic carbocycles. The fraction of sp³-hybridized carbons (Fsp3) is 0.278. The summed E-state index contributed by atoms with van der Waals surface area (Å²) in [5, 5.41) is 9.54. The summed E-state index contributed by atoms with van der Waals surface area (Å²) >= 11 is 0. The van der Waals surface area contributed by atoms with Gasteiger partial charge in [-0.1, -0.05) is 60.7 Å². The number of aliphatic hydroxyl groups is 1. The average molecular weight is 299 g/mol. The van der Waals surface area contributed by atoms with Gasteiger partial charge in [0, 0.05) is 7.05 Å². The Morgan fingerprint density at radius 1 is 1.05 bits per heavy atom. The first kappa shape index (κ1) is 16.0. The van der Waals surface area contributed by atoms with Crippen LogP contribution in [-0.4, -0.2) is 35.8 Å². The molecule has 1 N–H and O–H groups in total. The molecule has 4 heteroatoms. The Morgan fingerprint density at radius 3 is 2.14 bits per heavy atom. The number of benzene rings is 2. The van der Waals surface area contributed by atoms with Gasteiger partial charge in [-0.25, -0.2) is 4.79 Å². The number of ether oxygens (including phenoxy) is 1. The van der Waals surface area contributed by atoms with Crippen molar-refractivity contribution < 1.29 is 14.6 Å². The van der Waals surface area contributed by atoms with Crippen LogP contribution in [0.25, 0.3) is 0 Å². The monoisotopic (exact) mass is 299 g/mol. The zero-order valence-electron chi connectivity index (χ0n) is 12.7. The zero-order valence-corrected chi connectivity index (χ0v) is 12.7. The lowest BCUT2D eigenvalue weighted by atomic mass is 10.1. The summed E-state index contributed by atoms with van der Waals surface area (Å²) in [6.07, 6.45) is 0.160. The minimum absolute atomic E-state index is 0.105. The van der Waals surface area contributed by atoms with Gasteiger partial charge in [0.1, 0.15) is 6.61 Å². The van der Waals surface area contributed by atoms with Crippen LogP contribution in [0.15, 0.2) is 60.7 Å². The molecule has 0 unspecified atom stereocenters. The molecule has 2 rings (SSSR count). The highest BCUT2D eigenvalue weighted by Crippen LogP contribution is 2.10. The van der Waals surface area contributed by atoms with E-state index in [4.69, 9.17) is 4.74 Å². The van der Waals surface area contributed by atoms with Crippen molar-refractivity contribution in [2.75, 3.05) is 13.7 Å². The number of nitrogens with zero attached hydrogens (tertiary/aromatic N) is 1. The van der Waals surface area contributed by atoms with Crippen molar-refractivity contribution >= 4 is 6.09 Å². The predicted molar refractivity (Wildman–Crippen MR) is 85.4 cm³/mol. The highest BCUT2D eigenvalue weighted by Gasteiger charge is 2.20. The van der Waals surface area contributed by atoms with Crippen LogP contribution >= 0.6 is 0 Å². The molecule has 0 aliphatic rings. The second-order valence-electron chi connectivity index (χ2n) is 5.18. The van der Waals surface area contributed by atoms with Gasteiger partial charge in [-0.3, -0.25) is 0 Å². The van der Waals surface area contributed by atoms with Crippen LogP contribution in [0.5, 0.6) is 0 Å². The summed E-state index contributed by atoms with van der Waals surface area (Å²) in [6.45, 7) is 0.124. The number of rotatable bonds is 6. The van der Waals surface area contributed by atoms with E-state index in [1.54, 1.807) is 7.05 Å². The molecule has 0 spiro atoms. The van der Waals surface area contributed by atoms with Gasteiger partial charge in [-0.05, 0) is 17.5 Å². The van der Waals surface area contributed by atoms with Crippen molar-refractivity contribution in [2.45, 2.75) is 19.1 Å². The van der Waals surface area contributed by atoms with Gasteiger partial charge < -0.3 is 14.7 Å². The molecule has 0 aromatic heterocycles. The van der Waals surface area contributed by atoms with Gasteiger partial charge in [0.15, 0.2) is 0 Å². The molecule has 1 amide bonds. The third-order valence-corrected chi connectivity index (χ3v) is 3.57. The molecule has 4 nitrogen and oxygen atoms in total. The second kappa shape index (κ2) is 8.20. The van der Waals surface area contributed by atoms with Gasteiger partial charge in [0.05, 0.1) is 12.6 Å². The third kappa shape index (κ3) is 4.60. The van der Waals surface area contributed by atoms with E-state index in [0.29, 0.717) is 6.42 Å². The van der Waals surface area contributed by atoms with Crippen LogP contribution in [0.2, 0.25) is 0 Å². The number of carbonyl (C=O) groups excluding carboxylic acids is 1. The second-order valence-corrected chi connectivity index (χ2v) is 5.18. The van der Waals surface area contributed by atoms with Gasteiger partial charge in [-0.2, -0.15) is 0 Å². The van der Waals surface area contributed by atoms with Crippen LogP contribution in [-0.2, 0) is 17.8 Å². The van der Waals surface area contributed by atoms with E-state index in [1.165, 1.54) is 4.90 Å². The number of amides is 1. The molecule has 116 valence electrons. The molecule has 0 saturated carbocycles. The predicted octanol–water partition coefficient (Wildman–Crippen LogP) is 2.86. The summed E-state index contributed by atoms with van der Waals surface area (Å²) in [4.78, 5) is 13.6. The van der Waals surface area contributed by atoms with E-state index in [-0.39, 0.29) is 19.3 Å². The number of aliphatic hydroxyl groups excluding tert-OH is 1. The SMILES string of the molecule is CN(C(=O)OCc1ccccc1)[C@H](CO)Cc1ccccc1. The summed E-state index contributed by atoms with van der Waals surface area (Å²) in [5.74, 6) is 0. The Kier molecular flexibility index (Phi) is 5.98. The van der Waals surface area contributed by atoms with Crippen LogP contribution < -0.4 is 0 Å². The Morgan fingerprint density at radius 2 is 1.59 bits per heavy atom. The van der Waals surface area contributed by atoms with Crippen LogP contribution in [0.3, 0.4) is 0 Å². The summed E-state index contributed by atoms with van der Waals surface area (Å²) in [6, 6.07) is 19.0. The van der Waals surface area contributed by atoms with E-state index >= 15 is 0 Å². The van der Waals surface area contributed by atoms with Crippen molar-refractivity contribution in [1.29, 1.82) is 0 Å². The molecular formula is C18H21NO3. The van der Waals surface area contributed by atoms with Crippen LogP contribution in [0.4, 0.5) is 4.79 Å². The molecule has 22 heavy (non-hydrogen) atoms. The molecular weight excluding hydrogens is 278 g/mol. The quantitative estimate of drug-likeness (QED) is 0.892. The molecule has 2 aromatic rings. The molecule has 0 saturated heterocycles. The summed E-state index contributed by atoms with van der Waals surface area (Å²) < 4.78 is 5.29. The van der Waals surface area contributed by atoms with Crippen molar-refractivity contribution in [3.8, 4) is 0 Å². The molecule has 0 heterocycles. The van der Waals surface area contributed by atoms with Gasteiger partial charge in [0.25, 0.3) is 0 Å². The standard InChI is InChI=1S/C18H21NO3/c1-19(17(13-20)12-15-8-4-2-5-9-15)18(21)22-14-16-10-6-3-7-11-16/h2-11,17,20H,12-14H2,1H3/t17-/m0/s1. The zero-order chi connectivity index (χ0) is 15.8. The molecule has 0 bridgehead atoms. The average Bonchev–Trinajstić information content (AvgIpc) is 2.58. The molecule has 1 atom stereocenters. The maximum atomic E-state index is 12.1. The first-order chi connectivity index (χ1) is 10.7. The Balaban J connectivity index is 1.90. The molecule has 0 radical (unpaired) electrons. The van der Waals surface area contributed by atoms with Crippen LogP contribution in [0, 0.1) is 0 Å². The normalized spacial score (nSPS) is 11.7. The van der Waals surface area contributed by atoms with Gasteiger partial charge >= 0.3 is 6.09 Å². The highest BCUT2D eigenvalue weighted by molar-refractivity contribution is 5.67. The minimum Gasteiger partial charge on any atom is -0.445 e. The fourth-order valence-corrected chi connectivity index (χ4v) is 2.18.